The van der Waals surface area contributed by atoms with Crippen molar-refractivity contribution in [3.8, 4) is 5.75 Å². The number of hydrogen-bond acceptors (Lipinski definition) is 2. The lowest BCUT2D eigenvalue weighted by Gasteiger charge is -2.15. The Morgan fingerprint density at radius 2 is 2.13 bits per heavy atom. The average Bonchev–Trinajstić information content (AvgIpc) is 2.96. The van der Waals surface area contributed by atoms with E-state index in [1.807, 2.05) is 0 Å². The fourth-order valence-electron chi connectivity index (χ4n) is 1.71. The van der Waals surface area contributed by atoms with Gasteiger partial charge in [-0.25, -0.2) is 8.78 Å². The lowest BCUT2D eigenvalue weighted by Crippen LogP contribution is -2.20. The monoisotopic (exact) mass is 213 g/mol. The molecule has 2 rings (SSSR count). The molecule has 0 aromatic heterocycles. The van der Waals surface area contributed by atoms with Crippen LogP contribution >= 0.6 is 0 Å². The number of rotatable bonds is 3. The zero-order valence-corrected chi connectivity index (χ0v) is 8.52. The summed E-state index contributed by atoms with van der Waals surface area (Å²) in [5, 5.41) is 0. The van der Waals surface area contributed by atoms with Crippen LogP contribution < -0.4 is 10.5 Å². The Morgan fingerprint density at radius 3 is 2.60 bits per heavy atom. The Hall–Kier alpha value is -1.16. The van der Waals surface area contributed by atoms with Crippen molar-refractivity contribution in [3.63, 3.8) is 0 Å². The van der Waals surface area contributed by atoms with Gasteiger partial charge in [0.25, 0.3) is 0 Å². The molecule has 0 radical (unpaired) electrons. The van der Waals surface area contributed by atoms with Gasteiger partial charge in [0.2, 0.25) is 0 Å². The van der Waals surface area contributed by atoms with Crippen LogP contribution in [-0.2, 0) is 12.2 Å². The quantitative estimate of drug-likeness (QED) is 0.835. The first kappa shape index (κ1) is 10.4. The first-order valence-electron chi connectivity index (χ1n) is 4.82. The summed E-state index contributed by atoms with van der Waals surface area (Å²) in [6.45, 7) is -0.690. The smallest absolute Gasteiger partial charge is 0.165 e. The minimum Gasteiger partial charge on any atom is -0.493 e. The molecular formula is C11H13F2NO. The average molecular weight is 213 g/mol. The number of alkyl halides is 1. The van der Waals surface area contributed by atoms with E-state index in [4.69, 9.17) is 10.5 Å². The van der Waals surface area contributed by atoms with E-state index in [-0.39, 0.29) is 5.75 Å². The van der Waals surface area contributed by atoms with Crippen molar-refractivity contribution in [3.05, 3.63) is 29.1 Å². The van der Waals surface area contributed by atoms with Crippen LogP contribution in [0, 0.1) is 5.82 Å². The van der Waals surface area contributed by atoms with Gasteiger partial charge in [0.05, 0.1) is 7.11 Å². The van der Waals surface area contributed by atoms with Crippen LogP contribution in [0.3, 0.4) is 0 Å². The van der Waals surface area contributed by atoms with Gasteiger partial charge in [-0.1, -0.05) is 0 Å². The zero-order valence-electron chi connectivity index (χ0n) is 8.52. The Bertz CT molecular complexity index is 388. The van der Waals surface area contributed by atoms with E-state index < -0.39 is 18.0 Å². The summed E-state index contributed by atoms with van der Waals surface area (Å²) in [5.41, 5.74) is 6.34. The Morgan fingerprint density at radius 1 is 1.47 bits per heavy atom. The van der Waals surface area contributed by atoms with Crippen LogP contribution in [0.25, 0.3) is 0 Å². The van der Waals surface area contributed by atoms with Gasteiger partial charge in [-0.15, -0.1) is 0 Å². The van der Waals surface area contributed by atoms with Gasteiger partial charge in [-0.3, -0.25) is 0 Å². The summed E-state index contributed by atoms with van der Waals surface area (Å²) in [5.74, 6) is -0.397. The van der Waals surface area contributed by atoms with Crippen LogP contribution in [0.4, 0.5) is 8.78 Å². The van der Waals surface area contributed by atoms with E-state index in [0.717, 1.165) is 18.9 Å². The van der Waals surface area contributed by atoms with Gasteiger partial charge >= 0.3 is 0 Å². The highest BCUT2D eigenvalue weighted by Crippen LogP contribution is 2.47. The number of halogens is 2. The van der Waals surface area contributed by atoms with Crippen molar-refractivity contribution < 1.29 is 13.5 Å². The van der Waals surface area contributed by atoms with E-state index >= 15 is 0 Å². The number of ether oxygens (including phenoxy) is 1. The summed E-state index contributed by atoms with van der Waals surface area (Å²) in [6, 6.07) is 2.74. The third-order valence-corrected chi connectivity index (χ3v) is 2.79. The molecule has 0 bridgehead atoms. The van der Waals surface area contributed by atoms with Crippen LogP contribution in [-0.4, -0.2) is 7.11 Å². The van der Waals surface area contributed by atoms with E-state index in [0.29, 0.717) is 11.1 Å². The minimum atomic E-state index is -0.690. The summed E-state index contributed by atoms with van der Waals surface area (Å²) < 4.78 is 31.0. The molecule has 0 heterocycles. The van der Waals surface area contributed by atoms with Crippen LogP contribution in [0.5, 0.6) is 5.75 Å². The molecule has 1 saturated carbocycles. The normalized spacial score (nSPS) is 17.6. The second-order valence-electron chi connectivity index (χ2n) is 3.95. The molecule has 0 amide bonds. The molecule has 0 saturated heterocycles. The van der Waals surface area contributed by atoms with Gasteiger partial charge in [-0.05, 0) is 30.5 Å². The molecule has 1 aromatic rings. The topological polar surface area (TPSA) is 35.2 Å². The van der Waals surface area contributed by atoms with Crippen LogP contribution in [0.15, 0.2) is 12.1 Å². The maximum atomic E-state index is 13.5. The molecule has 0 unspecified atom stereocenters. The maximum Gasteiger partial charge on any atom is 0.165 e. The molecule has 1 aromatic carbocycles. The second kappa shape index (κ2) is 3.45. The highest BCUT2D eigenvalue weighted by atomic mass is 19.1. The SMILES string of the molecule is COc1c(F)cc(CF)cc1C1(N)CC1. The van der Waals surface area contributed by atoms with Crippen LogP contribution in [0.1, 0.15) is 24.0 Å². The number of hydrogen-bond donors (Lipinski definition) is 1. The third-order valence-electron chi connectivity index (χ3n) is 2.79. The zero-order chi connectivity index (χ0) is 11.1. The lowest BCUT2D eigenvalue weighted by molar-refractivity contribution is 0.374. The number of benzene rings is 1. The minimum absolute atomic E-state index is 0.146. The molecule has 15 heavy (non-hydrogen) atoms. The number of nitrogens with two attached hydrogens (primary N) is 1. The van der Waals surface area contributed by atoms with Crippen molar-refractivity contribution >= 4 is 0 Å². The fraction of sp³-hybridized carbons (Fsp3) is 0.455. The first-order valence-corrected chi connectivity index (χ1v) is 4.82. The van der Waals surface area contributed by atoms with Crippen molar-refractivity contribution in [2.75, 3.05) is 7.11 Å². The fourth-order valence-corrected chi connectivity index (χ4v) is 1.71. The van der Waals surface area contributed by atoms with Crippen molar-refractivity contribution in [1.82, 2.24) is 0 Å². The van der Waals surface area contributed by atoms with E-state index in [9.17, 15) is 8.78 Å². The molecule has 1 aliphatic rings. The molecule has 1 aliphatic carbocycles. The van der Waals surface area contributed by atoms with Crippen molar-refractivity contribution in [1.29, 1.82) is 0 Å². The van der Waals surface area contributed by atoms with E-state index in [2.05, 4.69) is 0 Å². The molecule has 2 nitrogen and oxygen atoms in total. The summed E-state index contributed by atoms with van der Waals surface area (Å²) in [6.07, 6.45) is 1.58. The van der Waals surface area contributed by atoms with Gasteiger partial charge in [0.15, 0.2) is 11.6 Å². The summed E-state index contributed by atoms with van der Waals surface area (Å²) >= 11 is 0. The third kappa shape index (κ3) is 1.69. The van der Waals surface area contributed by atoms with Gasteiger partial charge in [0, 0.05) is 11.1 Å². The first-order chi connectivity index (χ1) is 7.10. The lowest BCUT2D eigenvalue weighted by atomic mass is 10.0. The molecule has 0 atom stereocenters. The van der Waals surface area contributed by atoms with Crippen LogP contribution in [0.2, 0.25) is 0 Å². The highest BCUT2D eigenvalue weighted by Gasteiger charge is 2.43. The second-order valence-corrected chi connectivity index (χ2v) is 3.95. The highest BCUT2D eigenvalue weighted by molar-refractivity contribution is 5.45. The Kier molecular flexibility index (Phi) is 2.38. The van der Waals surface area contributed by atoms with Crippen molar-refractivity contribution in [2.24, 2.45) is 5.73 Å². The van der Waals surface area contributed by atoms with Gasteiger partial charge in [0.1, 0.15) is 6.67 Å². The largest absolute Gasteiger partial charge is 0.493 e. The summed E-state index contributed by atoms with van der Waals surface area (Å²) in [7, 11) is 1.39. The molecule has 4 heteroatoms. The predicted molar refractivity (Wildman–Crippen MR) is 52.9 cm³/mol. The molecule has 1 fully saturated rings. The molecule has 0 aliphatic heterocycles. The summed E-state index contributed by atoms with van der Waals surface area (Å²) in [4.78, 5) is 0. The molecular weight excluding hydrogens is 200 g/mol. The Labute approximate surface area is 87.0 Å². The standard InChI is InChI=1S/C11H13F2NO/c1-15-10-8(11(14)2-3-11)4-7(6-12)5-9(10)13/h4-5H,2-3,6,14H2,1H3. The molecule has 82 valence electrons. The Balaban J connectivity index is 2.53. The molecule has 2 N–H and O–H groups in total. The van der Waals surface area contributed by atoms with Gasteiger partial charge in [-0.2, -0.15) is 0 Å². The van der Waals surface area contributed by atoms with E-state index in [1.54, 1.807) is 6.07 Å². The number of methoxy groups -OCH3 is 1. The van der Waals surface area contributed by atoms with Gasteiger partial charge < -0.3 is 10.5 Å². The maximum absolute atomic E-state index is 13.5. The van der Waals surface area contributed by atoms with Crippen molar-refractivity contribution in [2.45, 2.75) is 25.1 Å². The predicted octanol–water partition coefficient (Wildman–Crippen LogP) is 2.25. The van der Waals surface area contributed by atoms with E-state index in [1.165, 1.54) is 7.11 Å². The molecule has 0 spiro atoms.